The first kappa shape index (κ1) is 14.2. The number of carbonyl (C=O) groups is 1. The van der Waals surface area contributed by atoms with Crippen molar-refractivity contribution in [2.24, 2.45) is 0 Å². The highest BCUT2D eigenvalue weighted by atomic mass is 32.2. The Hall–Kier alpha value is -0.870. The van der Waals surface area contributed by atoms with Crippen LogP contribution >= 0.6 is 0 Å². The van der Waals surface area contributed by atoms with Gasteiger partial charge in [0, 0.05) is 7.11 Å². The zero-order valence-electron chi connectivity index (χ0n) is 8.72. The Balaban J connectivity index is 2.92. The number of carbonyl (C=O) groups excluding carboxylic acids is 1. The monoisotopic (exact) mass is 278 g/mol. The summed E-state index contributed by atoms with van der Waals surface area (Å²) >= 11 is 0. The maximum Gasteiger partial charge on any atom is 0.523 e. The molecule has 0 N–H and O–H groups in total. The number of hydrogen-bond acceptors (Lipinski definition) is 6. The van der Waals surface area contributed by atoms with Gasteiger partial charge < -0.3 is 9.47 Å². The molecule has 0 amide bonds. The average molecular weight is 278 g/mol. The van der Waals surface area contributed by atoms with Crippen LogP contribution in [0.1, 0.15) is 6.92 Å². The largest absolute Gasteiger partial charge is 0.523 e. The fraction of sp³-hybridized carbons (Fsp3) is 0.857. The minimum Gasteiger partial charge on any atom is -0.458 e. The third-order valence-electron chi connectivity index (χ3n) is 2.08. The highest BCUT2D eigenvalue weighted by molar-refractivity contribution is 7.87. The van der Waals surface area contributed by atoms with Crippen molar-refractivity contribution in [2.75, 3.05) is 7.11 Å². The van der Waals surface area contributed by atoms with Gasteiger partial charge in [0.2, 0.25) is 6.10 Å². The lowest BCUT2D eigenvalue weighted by molar-refractivity contribution is -0.146. The van der Waals surface area contributed by atoms with Gasteiger partial charge in [-0.05, 0) is 6.92 Å². The van der Waals surface area contributed by atoms with Crippen LogP contribution in [0.15, 0.2) is 0 Å². The van der Waals surface area contributed by atoms with Crippen molar-refractivity contribution in [1.82, 2.24) is 0 Å². The molecule has 0 aromatic rings. The molecule has 1 aliphatic rings. The molecule has 0 spiro atoms. The second-order valence-corrected chi connectivity index (χ2v) is 4.82. The number of rotatable bonds is 3. The molecule has 1 aliphatic heterocycles. The van der Waals surface area contributed by atoms with E-state index in [1.165, 1.54) is 6.92 Å². The Morgan fingerprint density at radius 2 is 1.88 bits per heavy atom. The Labute approximate surface area is 94.8 Å². The summed E-state index contributed by atoms with van der Waals surface area (Å²) in [5.41, 5.74) is -5.60. The molecule has 1 saturated heterocycles. The molecule has 0 bridgehead atoms. The van der Waals surface area contributed by atoms with Crippen LogP contribution in [0.25, 0.3) is 0 Å². The van der Waals surface area contributed by atoms with Gasteiger partial charge in [0.25, 0.3) is 0 Å². The Morgan fingerprint density at radius 3 is 2.29 bits per heavy atom. The number of methoxy groups -OCH3 is 1. The van der Waals surface area contributed by atoms with Crippen molar-refractivity contribution in [2.45, 2.75) is 30.7 Å². The molecule has 0 aromatic carbocycles. The fourth-order valence-electron chi connectivity index (χ4n) is 1.30. The Kier molecular flexibility index (Phi) is 3.69. The van der Waals surface area contributed by atoms with Crippen molar-refractivity contribution in [3.05, 3.63) is 0 Å². The molecule has 0 unspecified atom stereocenters. The van der Waals surface area contributed by atoms with Gasteiger partial charge >= 0.3 is 21.6 Å². The third kappa shape index (κ3) is 2.69. The number of hydrogen-bond donors (Lipinski definition) is 0. The van der Waals surface area contributed by atoms with Crippen LogP contribution in [0, 0.1) is 0 Å². The van der Waals surface area contributed by atoms with Gasteiger partial charge in [-0.15, -0.1) is 0 Å². The van der Waals surface area contributed by atoms with Gasteiger partial charge in [0.15, 0.2) is 0 Å². The molecular formula is C7H9F3O6S. The number of alkyl halides is 3. The maximum absolute atomic E-state index is 12.0. The third-order valence-corrected chi connectivity index (χ3v) is 3.11. The number of esters is 1. The molecule has 100 valence electrons. The number of halogens is 3. The SMILES string of the molecule is CO[C@H]1[C@H](C)OC(=O)[C@@H]1OS(=O)(=O)C(F)(F)F. The first-order valence-electron chi connectivity index (χ1n) is 4.33. The summed E-state index contributed by atoms with van der Waals surface area (Å²) in [6, 6.07) is 0. The zero-order valence-corrected chi connectivity index (χ0v) is 9.54. The van der Waals surface area contributed by atoms with Crippen molar-refractivity contribution in [1.29, 1.82) is 0 Å². The van der Waals surface area contributed by atoms with Crippen LogP contribution in [0.5, 0.6) is 0 Å². The second-order valence-electron chi connectivity index (χ2n) is 3.26. The molecule has 1 rings (SSSR count). The average Bonchev–Trinajstić information content (AvgIpc) is 2.39. The van der Waals surface area contributed by atoms with Gasteiger partial charge in [0.05, 0.1) is 0 Å². The first-order valence-corrected chi connectivity index (χ1v) is 5.74. The summed E-state index contributed by atoms with van der Waals surface area (Å²) in [6.07, 6.45) is -4.04. The zero-order chi connectivity index (χ0) is 13.4. The summed E-state index contributed by atoms with van der Waals surface area (Å²) < 4.78 is 70.5. The molecule has 17 heavy (non-hydrogen) atoms. The van der Waals surface area contributed by atoms with Crippen LogP contribution in [0.4, 0.5) is 13.2 Å². The minimum absolute atomic E-state index is 0.888. The van der Waals surface area contributed by atoms with Crippen LogP contribution in [0.3, 0.4) is 0 Å². The van der Waals surface area contributed by atoms with Crippen molar-refractivity contribution < 1.29 is 40.0 Å². The molecule has 0 saturated carbocycles. The van der Waals surface area contributed by atoms with E-state index in [4.69, 9.17) is 0 Å². The van der Waals surface area contributed by atoms with E-state index in [0.29, 0.717) is 0 Å². The lowest BCUT2D eigenvalue weighted by Gasteiger charge is -2.17. The van der Waals surface area contributed by atoms with E-state index in [-0.39, 0.29) is 0 Å². The molecule has 6 nitrogen and oxygen atoms in total. The number of ether oxygens (including phenoxy) is 2. The second kappa shape index (κ2) is 4.42. The van der Waals surface area contributed by atoms with Crippen LogP contribution in [-0.2, 0) is 28.6 Å². The maximum atomic E-state index is 12.0. The van der Waals surface area contributed by atoms with E-state index < -0.39 is 39.9 Å². The molecule has 1 fully saturated rings. The van der Waals surface area contributed by atoms with E-state index in [9.17, 15) is 26.4 Å². The molecule has 0 aromatic heterocycles. The summed E-state index contributed by atoms with van der Waals surface area (Å²) in [5.74, 6) is -1.21. The lowest BCUT2D eigenvalue weighted by Crippen LogP contribution is -2.39. The van der Waals surface area contributed by atoms with Crippen LogP contribution in [0.2, 0.25) is 0 Å². The van der Waals surface area contributed by atoms with E-state index >= 15 is 0 Å². The Bertz CT molecular complexity index is 402. The predicted molar refractivity (Wildman–Crippen MR) is 46.2 cm³/mol. The van der Waals surface area contributed by atoms with Crippen molar-refractivity contribution >= 4 is 16.1 Å². The van der Waals surface area contributed by atoms with Crippen molar-refractivity contribution in [3.8, 4) is 0 Å². The quantitative estimate of drug-likeness (QED) is 0.416. The van der Waals surface area contributed by atoms with E-state index in [1.807, 2.05) is 0 Å². The van der Waals surface area contributed by atoms with E-state index in [1.54, 1.807) is 0 Å². The summed E-state index contributed by atoms with van der Waals surface area (Å²) in [5, 5.41) is 0. The summed E-state index contributed by atoms with van der Waals surface area (Å²) in [4.78, 5) is 11.1. The summed E-state index contributed by atoms with van der Waals surface area (Å²) in [6.45, 7) is 1.34. The van der Waals surface area contributed by atoms with Gasteiger partial charge in [-0.3, -0.25) is 0 Å². The lowest BCUT2D eigenvalue weighted by atomic mass is 10.2. The topological polar surface area (TPSA) is 78.9 Å². The van der Waals surface area contributed by atoms with Crippen LogP contribution < -0.4 is 0 Å². The highest BCUT2D eigenvalue weighted by Crippen LogP contribution is 2.30. The summed E-state index contributed by atoms with van der Waals surface area (Å²) in [7, 11) is -4.76. The molecule has 1 heterocycles. The Morgan fingerprint density at radius 1 is 1.35 bits per heavy atom. The fourth-order valence-corrected chi connectivity index (χ4v) is 1.87. The molecule has 10 heteroatoms. The van der Waals surface area contributed by atoms with Gasteiger partial charge in [0.1, 0.15) is 12.2 Å². The van der Waals surface area contributed by atoms with Gasteiger partial charge in [-0.2, -0.15) is 21.6 Å². The standard InChI is InChI=1S/C7H9F3O6S/c1-3-4(14-2)5(6(11)15-3)16-17(12,13)7(8,9)10/h3-5H,1-2H3/t3-,4-,5+/m0/s1. The van der Waals surface area contributed by atoms with Crippen molar-refractivity contribution in [3.63, 3.8) is 0 Å². The molecular weight excluding hydrogens is 269 g/mol. The first-order chi connectivity index (χ1) is 7.60. The molecule has 0 radical (unpaired) electrons. The van der Waals surface area contributed by atoms with E-state index in [2.05, 4.69) is 13.7 Å². The van der Waals surface area contributed by atoms with Gasteiger partial charge in [-0.1, -0.05) is 0 Å². The highest BCUT2D eigenvalue weighted by Gasteiger charge is 2.54. The molecule has 0 aliphatic carbocycles. The van der Waals surface area contributed by atoms with Crippen LogP contribution in [-0.4, -0.2) is 45.3 Å². The predicted octanol–water partition coefficient (Wildman–Crippen LogP) is 0.182. The van der Waals surface area contributed by atoms with E-state index in [0.717, 1.165) is 7.11 Å². The number of cyclic esters (lactones) is 1. The minimum atomic E-state index is -5.86. The smallest absolute Gasteiger partial charge is 0.458 e. The van der Waals surface area contributed by atoms with Gasteiger partial charge in [-0.25, -0.2) is 8.98 Å². The molecule has 3 atom stereocenters. The normalized spacial score (nSPS) is 30.4.